The Hall–Kier alpha value is -3.35. The van der Waals surface area contributed by atoms with Gasteiger partial charge >= 0.3 is 0 Å². The largest absolute Gasteiger partial charge is 0.487 e. The second kappa shape index (κ2) is 9.65. The molecule has 0 N–H and O–H groups in total. The van der Waals surface area contributed by atoms with Crippen LogP contribution in [-0.2, 0) is 13.2 Å². The maximum Gasteiger partial charge on any atom is 0.255 e. The van der Waals surface area contributed by atoms with Crippen LogP contribution in [0.3, 0.4) is 0 Å². The number of amides is 1. The fraction of sp³-hybridized carbons (Fsp3) is 0.154. The zero-order valence-electron chi connectivity index (χ0n) is 17.7. The molecule has 5 nitrogen and oxygen atoms in total. The van der Waals surface area contributed by atoms with Gasteiger partial charge in [0.15, 0.2) is 11.5 Å². The Morgan fingerprint density at radius 3 is 2.88 bits per heavy atom. The van der Waals surface area contributed by atoms with Crippen LogP contribution in [0.15, 0.2) is 77.8 Å². The molecule has 1 aliphatic heterocycles. The number of rotatable bonds is 5. The molecule has 0 saturated heterocycles. The first-order chi connectivity index (χ1) is 16.2. The topological polar surface area (TPSA) is 51.7 Å². The van der Waals surface area contributed by atoms with Crippen LogP contribution in [0.4, 0.5) is 0 Å². The molecule has 0 saturated carbocycles. The zero-order valence-corrected chi connectivity index (χ0v) is 19.3. The molecule has 0 fully saturated rings. The van der Waals surface area contributed by atoms with E-state index in [2.05, 4.69) is 10.4 Å². The number of fused-ring (bicyclic) bond motifs is 1. The summed E-state index contributed by atoms with van der Waals surface area (Å²) in [5.41, 5.74) is 4.48. The number of thiophene rings is 1. The minimum atomic E-state index is -0.0755. The average Bonchev–Trinajstić information content (AvgIpc) is 3.27. The molecule has 3 heterocycles. The lowest BCUT2D eigenvalue weighted by Crippen LogP contribution is -2.32. The van der Waals surface area contributed by atoms with Crippen molar-refractivity contribution in [2.45, 2.75) is 13.2 Å². The Morgan fingerprint density at radius 2 is 2.09 bits per heavy atom. The zero-order chi connectivity index (χ0) is 22.6. The monoisotopic (exact) mass is 476 g/mol. The van der Waals surface area contributed by atoms with Crippen molar-refractivity contribution in [2.75, 3.05) is 13.2 Å². The van der Waals surface area contributed by atoms with Crippen molar-refractivity contribution < 1.29 is 14.3 Å². The van der Waals surface area contributed by atoms with E-state index in [1.165, 1.54) is 0 Å². The summed E-state index contributed by atoms with van der Waals surface area (Å²) < 4.78 is 12.3. The van der Waals surface area contributed by atoms with Crippen molar-refractivity contribution in [2.24, 2.45) is 0 Å². The number of ether oxygens (including phenoxy) is 2. The van der Waals surface area contributed by atoms with Gasteiger partial charge in [0.05, 0.1) is 12.1 Å². The number of benzene rings is 2. The van der Waals surface area contributed by atoms with Crippen LogP contribution in [-0.4, -0.2) is 28.9 Å². The lowest BCUT2D eigenvalue weighted by molar-refractivity contribution is 0.0732. The van der Waals surface area contributed by atoms with Crippen molar-refractivity contribution in [3.8, 4) is 22.6 Å². The summed E-state index contributed by atoms with van der Waals surface area (Å²) in [5, 5.41) is 4.75. The van der Waals surface area contributed by atoms with E-state index in [1.807, 2.05) is 47.8 Å². The second-order valence-electron chi connectivity index (χ2n) is 7.71. The Kier molecular flexibility index (Phi) is 6.28. The van der Waals surface area contributed by atoms with Crippen LogP contribution in [0.25, 0.3) is 11.1 Å². The van der Waals surface area contributed by atoms with E-state index < -0.39 is 0 Å². The van der Waals surface area contributed by atoms with E-state index in [1.54, 1.807) is 40.8 Å². The highest BCUT2D eigenvalue weighted by atomic mass is 35.5. The summed E-state index contributed by atoms with van der Waals surface area (Å²) in [7, 11) is 0. The van der Waals surface area contributed by atoms with Crippen LogP contribution in [0.2, 0.25) is 5.02 Å². The Labute approximate surface area is 201 Å². The van der Waals surface area contributed by atoms with Crippen molar-refractivity contribution in [3.63, 3.8) is 0 Å². The first kappa shape index (κ1) is 21.5. The van der Waals surface area contributed by atoms with Crippen LogP contribution < -0.4 is 9.47 Å². The summed E-state index contributed by atoms with van der Waals surface area (Å²) in [4.78, 5) is 19.0. The maximum atomic E-state index is 13.1. The number of nitrogens with zero attached hydrogens (tertiary/aromatic N) is 2. The van der Waals surface area contributed by atoms with E-state index >= 15 is 0 Å². The molecule has 5 rings (SSSR count). The Balaban J connectivity index is 1.52. The number of halogens is 1. The van der Waals surface area contributed by atoms with Gasteiger partial charge in [0.1, 0.15) is 13.2 Å². The predicted octanol–water partition coefficient (Wildman–Crippen LogP) is 6.08. The van der Waals surface area contributed by atoms with E-state index in [0.29, 0.717) is 48.4 Å². The summed E-state index contributed by atoms with van der Waals surface area (Å²) in [6, 6.07) is 17.3. The first-order valence-corrected chi connectivity index (χ1v) is 11.9. The van der Waals surface area contributed by atoms with E-state index in [0.717, 1.165) is 22.3 Å². The number of pyridine rings is 1. The van der Waals surface area contributed by atoms with Gasteiger partial charge in [0.2, 0.25) is 0 Å². The lowest BCUT2D eigenvalue weighted by Gasteiger charge is -2.20. The molecule has 2 aromatic carbocycles. The molecule has 1 amide bonds. The number of aromatic nitrogens is 1. The molecule has 0 radical (unpaired) electrons. The van der Waals surface area contributed by atoms with E-state index in [4.69, 9.17) is 21.1 Å². The third-order valence-corrected chi connectivity index (χ3v) is 6.40. The molecule has 7 heteroatoms. The van der Waals surface area contributed by atoms with Gasteiger partial charge in [0.25, 0.3) is 5.91 Å². The molecule has 0 atom stereocenters. The summed E-state index contributed by atoms with van der Waals surface area (Å²) in [6.07, 6.45) is 3.25. The van der Waals surface area contributed by atoms with Crippen molar-refractivity contribution in [3.05, 3.63) is 99.5 Å². The Morgan fingerprint density at radius 1 is 1.15 bits per heavy atom. The molecular weight excluding hydrogens is 456 g/mol. The van der Waals surface area contributed by atoms with Gasteiger partial charge in [-0.3, -0.25) is 9.78 Å². The minimum Gasteiger partial charge on any atom is -0.487 e. The molecule has 33 heavy (non-hydrogen) atoms. The highest BCUT2D eigenvalue weighted by Gasteiger charge is 2.24. The molecule has 0 bridgehead atoms. The van der Waals surface area contributed by atoms with Gasteiger partial charge in [-0.1, -0.05) is 23.7 Å². The minimum absolute atomic E-state index is 0.0755. The van der Waals surface area contributed by atoms with Gasteiger partial charge in [-0.05, 0) is 69.9 Å². The smallest absolute Gasteiger partial charge is 0.255 e. The van der Waals surface area contributed by atoms with Crippen LogP contribution >= 0.6 is 22.9 Å². The second-order valence-corrected chi connectivity index (χ2v) is 8.93. The van der Waals surface area contributed by atoms with Gasteiger partial charge in [-0.25, -0.2) is 0 Å². The molecular formula is C26H21ClN2O3S. The number of hydrogen-bond acceptors (Lipinski definition) is 5. The first-order valence-electron chi connectivity index (χ1n) is 10.6. The summed E-state index contributed by atoms with van der Waals surface area (Å²) in [6.45, 7) is 1.70. The maximum absolute atomic E-state index is 13.1. The van der Waals surface area contributed by atoms with Gasteiger partial charge < -0.3 is 14.4 Å². The summed E-state index contributed by atoms with van der Waals surface area (Å²) in [5.74, 6) is 1.26. The van der Waals surface area contributed by atoms with Crippen molar-refractivity contribution in [1.29, 1.82) is 0 Å². The SMILES string of the molecule is O=C(c1cccnc1)N1CCOc2c(cc(-c3cccc(Cl)c3)cc2OCc2ccsc2)C1. The fourth-order valence-corrected chi connectivity index (χ4v) is 4.65. The molecule has 0 spiro atoms. The van der Waals surface area contributed by atoms with Crippen molar-refractivity contribution in [1.82, 2.24) is 9.88 Å². The normalized spacial score (nSPS) is 13.1. The third kappa shape index (κ3) is 4.87. The van der Waals surface area contributed by atoms with Gasteiger partial charge in [-0.2, -0.15) is 11.3 Å². The third-order valence-electron chi connectivity index (χ3n) is 5.43. The molecule has 1 aliphatic rings. The number of hydrogen-bond donors (Lipinski definition) is 0. The summed E-state index contributed by atoms with van der Waals surface area (Å²) >= 11 is 7.89. The quantitative estimate of drug-likeness (QED) is 0.350. The molecule has 0 unspecified atom stereocenters. The van der Waals surface area contributed by atoms with Gasteiger partial charge in [-0.15, -0.1) is 0 Å². The number of carbonyl (C=O) groups is 1. The molecule has 0 aliphatic carbocycles. The van der Waals surface area contributed by atoms with Crippen LogP contribution in [0, 0.1) is 0 Å². The number of carbonyl (C=O) groups excluding carboxylic acids is 1. The van der Waals surface area contributed by atoms with E-state index in [-0.39, 0.29) is 5.91 Å². The van der Waals surface area contributed by atoms with E-state index in [9.17, 15) is 4.79 Å². The van der Waals surface area contributed by atoms with Crippen molar-refractivity contribution >= 4 is 28.8 Å². The fourth-order valence-electron chi connectivity index (χ4n) is 3.81. The highest BCUT2D eigenvalue weighted by Crippen LogP contribution is 2.39. The standard InChI is InChI=1S/C26H21ClN2O3S/c27-23-5-1-3-19(12-23)21-11-22-15-29(26(30)20-4-2-7-28-14-20)8-9-31-25(22)24(13-21)32-16-18-6-10-33-17-18/h1-7,10-14,17H,8-9,15-16H2. The molecule has 166 valence electrons. The average molecular weight is 477 g/mol. The predicted molar refractivity (Wildman–Crippen MR) is 130 cm³/mol. The Bertz CT molecular complexity index is 1260. The lowest BCUT2D eigenvalue weighted by atomic mass is 10.0. The van der Waals surface area contributed by atoms with Gasteiger partial charge in [0, 0.05) is 29.5 Å². The highest BCUT2D eigenvalue weighted by molar-refractivity contribution is 7.07. The molecule has 2 aromatic heterocycles. The molecule has 4 aromatic rings. The van der Waals surface area contributed by atoms with Crippen LogP contribution in [0.5, 0.6) is 11.5 Å². The van der Waals surface area contributed by atoms with Crippen LogP contribution in [0.1, 0.15) is 21.5 Å².